The van der Waals surface area contributed by atoms with E-state index in [-0.39, 0.29) is 0 Å². The van der Waals surface area contributed by atoms with Crippen LogP contribution in [-0.2, 0) is 0 Å². The highest BCUT2D eigenvalue weighted by atomic mass is 32.1. The van der Waals surface area contributed by atoms with Crippen LogP contribution in [0.15, 0.2) is 11.6 Å². The van der Waals surface area contributed by atoms with Crippen molar-refractivity contribution in [1.82, 2.24) is 4.90 Å². The summed E-state index contributed by atoms with van der Waals surface area (Å²) in [6, 6.07) is 0. The maximum atomic E-state index is 5.28. The summed E-state index contributed by atoms with van der Waals surface area (Å²) in [5.41, 5.74) is 1.60. The Morgan fingerprint density at radius 1 is 1.14 bits per heavy atom. The molecular weight excluding hydrogens is 210 g/mol. The molecule has 1 heterocycles. The molecule has 2 rings (SSSR count). The Bertz CT molecular complexity index is 278. The molecule has 1 aliphatic heterocycles. The zero-order valence-electron chi connectivity index (χ0n) is 8.29. The fraction of sp³-hybridized carbons (Fsp3) is 0.636. The van der Waals surface area contributed by atoms with Gasteiger partial charge in [0.05, 0.1) is 9.98 Å². The van der Waals surface area contributed by atoms with Gasteiger partial charge in [-0.15, -0.1) is 0 Å². The summed E-state index contributed by atoms with van der Waals surface area (Å²) >= 11 is 10.6. The van der Waals surface area contributed by atoms with Crippen molar-refractivity contribution in [2.24, 2.45) is 0 Å². The number of rotatable bonds is 3. The molecule has 1 nitrogen and oxygen atoms in total. The molecule has 1 aliphatic carbocycles. The van der Waals surface area contributed by atoms with Crippen LogP contribution in [0, 0.1) is 0 Å². The molecule has 0 unspecified atom stereocenters. The van der Waals surface area contributed by atoms with Crippen molar-refractivity contribution in [3.63, 3.8) is 0 Å². The second kappa shape index (κ2) is 4.49. The molecule has 76 valence electrons. The number of nitrogens with zero attached hydrogens (tertiary/aromatic N) is 1. The molecule has 0 aromatic carbocycles. The van der Waals surface area contributed by atoms with E-state index < -0.39 is 0 Å². The van der Waals surface area contributed by atoms with Gasteiger partial charge in [-0.25, -0.2) is 0 Å². The predicted molar refractivity (Wildman–Crippen MR) is 67.7 cm³/mol. The van der Waals surface area contributed by atoms with Gasteiger partial charge in [0.15, 0.2) is 0 Å². The van der Waals surface area contributed by atoms with Gasteiger partial charge in [0.2, 0.25) is 0 Å². The Labute approximate surface area is 96.2 Å². The van der Waals surface area contributed by atoms with Crippen LogP contribution in [0.3, 0.4) is 0 Å². The van der Waals surface area contributed by atoms with Gasteiger partial charge in [0.1, 0.15) is 0 Å². The lowest BCUT2D eigenvalue weighted by molar-refractivity contribution is 0.622. The summed E-state index contributed by atoms with van der Waals surface area (Å²) in [7, 11) is 0. The molecule has 0 bridgehead atoms. The molecule has 0 N–H and O–H groups in total. The second-order valence-corrected chi connectivity index (χ2v) is 4.89. The van der Waals surface area contributed by atoms with E-state index in [1.54, 1.807) is 5.57 Å². The fourth-order valence-electron chi connectivity index (χ4n) is 2.09. The molecule has 2 aliphatic rings. The van der Waals surface area contributed by atoms with E-state index in [2.05, 4.69) is 11.0 Å². The van der Waals surface area contributed by atoms with Gasteiger partial charge in [0, 0.05) is 19.4 Å². The van der Waals surface area contributed by atoms with E-state index in [1.807, 2.05) is 0 Å². The average Bonchev–Trinajstić information content (AvgIpc) is 2.76. The van der Waals surface area contributed by atoms with E-state index in [0.29, 0.717) is 0 Å². The topological polar surface area (TPSA) is 3.24 Å². The Balaban J connectivity index is 1.85. The first-order chi connectivity index (χ1) is 6.77. The van der Waals surface area contributed by atoms with Crippen molar-refractivity contribution in [3.8, 4) is 0 Å². The molecule has 0 radical (unpaired) electrons. The molecular formula is C11H15NS2. The van der Waals surface area contributed by atoms with Gasteiger partial charge in [-0.2, -0.15) is 0 Å². The van der Waals surface area contributed by atoms with Crippen LogP contribution in [0.25, 0.3) is 0 Å². The maximum absolute atomic E-state index is 5.28. The summed E-state index contributed by atoms with van der Waals surface area (Å²) in [6.45, 7) is 1.02. The Kier molecular flexibility index (Phi) is 3.29. The van der Waals surface area contributed by atoms with Crippen molar-refractivity contribution < 1.29 is 0 Å². The largest absolute Gasteiger partial charge is 0.330 e. The van der Waals surface area contributed by atoms with E-state index in [9.17, 15) is 0 Å². The third kappa shape index (κ3) is 2.20. The number of hydrogen-bond acceptors (Lipinski definition) is 2. The van der Waals surface area contributed by atoms with Gasteiger partial charge in [-0.05, 0) is 25.7 Å². The third-order valence-electron chi connectivity index (χ3n) is 2.95. The smallest absolute Gasteiger partial charge is 0.0831 e. The minimum atomic E-state index is 0.993. The zero-order chi connectivity index (χ0) is 9.97. The Hall–Kier alpha value is -0.280. The van der Waals surface area contributed by atoms with Crippen LogP contribution in [0.1, 0.15) is 38.5 Å². The second-order valence-electron chi connectivity index (χ2n) is 3.94. The first kappa shape index (κ1) is 10.2. The van der Waals surface area contributed by atoms with Crippen molar-refractivity contribution in [3.05, 3.63) is 11.6 Å². The van der Waals surface area contributed by atoms with Crippen molar-refractivity contribution in [2.75, 3.05) is 6.54 Å². The SMILES string of the molecule is S=C1CCC(=S)N1CCC1=CCCC1. The molecule has 1 saturated heterocycles. The minimum Gasteiger partial charge on any atom is -0.330 e. The molecule has 0 atom stereocenters. The van der Waals surface area contributed by atoms with Gasteiger partial charge in [-0.3, -0.25) is 0 Å². The summed E-state index contributed by atoms with van der Waals surface area (Å²) in [6.07, 6.45) is 9.41. The molecule has 0 spiro atoms. The van der Waals surface area contributed by atoms with Crippen LogP contribution >= 0.6 is 24.4 Å². The van der Waals surface area contributed by atoms with Gasteiger partial charge in [-0.1, -0.05) is 36.1 Å². The molecule has 0 amide bonds. The number of hydrogen-bond donors (Lipinski definition) is 0. The summed E-state index contributed by atoms with van der Waals surface area (Å²) in [4.78, 5) is 4.26. The van der Waals surface area contributed by atoms with Gasteiger partial charge in [0.25, 0.3) is 0 Å². The Morgan fingerprint density at radius 3 is 2.43 bits per heavy atom. The quantitative estimate of drug-likeness (QED) is 0.536. The lowest BCUT2D eigenvalue weighted by atomic mass is 10.1. The molecule has 14 heavy (non-hydrogen) atoms. The van der Waals surface area contributed by atoms with E-state index in [1.165, 1.54) is 19.3 Å². The normalized spacial score (nSPS) is 22.0. The first-order valence-electron chi connectivity index (χ1n) is 5.28. The highest BCUT2D eigenvalue weighted by Gasteiger charge is 2.22. The van der Waals surface area contributed by atoms with Crippen molar-refractivity contribution >= 4 is 34.4 Å². The van der Waals surface area contributed by atoms with Gasteiger partial charge < -0.3 is 4.90 Å². The number of thiocarbonyl (C=S) groups is 2. The molecule has 0 aromatic heterocycles. The monoisotopic (exact) mass is 225 g/mol. The summed E-state index contributed by atoms with van der Waals surface area (Å²) in [5.74, 6) is 0. The summed E-state index contributed by atoms with van der Waals surface area (Å²) in [5, 5.41) is 0. The molecule has 3 heteroatoms. The molecule has 1 fully saturated rings. The third-order valence-corrected chi connectivity index (χ3v) is 3.80. The zero-order valence-corrected chi connectivity index (χ0v) is 9.92. The number of allylic oxidation sites excluding steroid dienone is 1. The molecule has 0 saturated carbocycles. The predicted octanol–water partition coefficient (Wildman–Crippen LogP) is 3.24. The van der Waals surface area contributed by atoms with E-state index in [0.717, 1.165) is 35.8 Å². The maximum Gasteiger partial charge on any atom is 0.0831 e. The van der Waals surface area contributed by atoms with Gasteiger partial charge >= 0.3 is 0 Å². The highest BCUT2D eigenvalue weighted by Crippen LogP contribution is 2.23. The average molecular weight is 225 g/mol. The fourth-order valence-corrected chi connectivity index (χ4v) is 2.76. The lowest BCUT2D eigenvalue weighted by Gasteiger charge is -2.18. The van der Waals surface area contributed by atoms with E-state index in [4.69, 9.17) is 24.4 Å². The highest BCUT2D eigenvalue weighted by molar-refractivity contribution is 7.82. The van der Waals surface area contributed by atoms with Crippen molar-refractivity contribution in [1.29, 1.82) is 0 Å². The Morgan fingerprint density at radius 2 is 1.86 bits per heavy atom. The van der Waals surface area contributed by atoms with Crippen LogP contribution in [0.2, 0.25) is 0 Å². The van der Waals surface area contributed by atoms with Crippen LogP contribution in [0.5, 0.6) is 0 Å². The van der Waals surface area contributed by atoms with Crippen molar-refractivity contribution in [2.45, 2.75) is 38.5 Å². The summed E-state index contributed by atoms with van der Waals surface area (Å²) < 4.78 is 0. The van der Waals surface area contributed by atoms with Crippen LogP contribution in [0.4, 0.5) is 0 Å². The van der Waals surface area contributed by atoms with E-state index >= 15 is 0 Å². The standard InChI is InChI=1S/C11H15NS2/c13-10-5-6-11(14)12(10)8-7-9-3-1-2-4-9/h3H,1-2,4-8H2. The van der Waals surface area contributed by atoms with Crippen LogP contribution < -0.4 is 0 Å². The number of likely N-dealkylation sites (tertiary alicyclic amines) is 1. The molecule has 0 aromatic rings. The van der Waals surface area contributed by atoms with Crippen LogP contribution in [-0.4, -0.2) is 21.4 Å². The lowest BCUT2D eigenvalue weighted by Crippen LogP contribution is -2.28. The first-order valence-corrected chi connectivity index (χ1v) is 6.10. The minimum absolute atomic E-state index is 0.993.